The molecule has 3 heterocycles. The Bertz CT molecular complexity index is 2030. The molecular weight excluding hydrogens is 532 g/mol. The van der Waals surface area contributed by atoms with E-state index in [0.717, 1.165) is 50.6 Å². The Balaban J connectivity index is 1.32. The molecule has 0 saturated heterocycles. The summed E-state index contributed by atoms with van der Waals surface area (Å²) in [5.74, 6) is -0.0695. The monoisotopic (exact) mass is 568 g/mol. The van der Waals surface area contributed by atoms with E-state index in [1.807, 2.05) is 54.4 Å². The number of nitrogens with zero attached hydrogens (tertiary/aromatic N) is 3. The predicted octanol–water partition coefficient (Wildman–Crippen LogP) is 7.90. The van der Waals surface area contributed by atoms with Gasteiger partial charge in [-0.05, 0) is 61.2 Å². The van der Waals surface area contributed by atoms with E-state index in [1.165, 1.54) is 5.52 Å². The van der Waals surface area contributed by atoms with E-state index in [1.54, 1.807) is 0 Å². The SMILES string of the molecule is CCn1c2ccccc2c2cc(NC(=O)C(CC(C)C)N3C(=O)c4ccccc4C3c3cn(C)c4ccccc34)ccc21. The van der Waals surface area contributed by atoms with Gasteiger partial charge in [0.15, 0.2) is 0 Å². The Morgan fingerprint density at radius 1 is 0.814 bits per heavy atom. The number of anilines is 1. The minimum atomic E-state index is -0.656. The molecule has 1 N–H and O–H groups in total. The maximum absolute atomic E-state index is 14.3. The molecule has 0 fully saturated rings. The van der Waals surface area contributed by atoms with Crippen LogP contribution in [0.1, 0.15) is 54.7 Å². The van der Waals surface area contributed by atoms with Crippen LogP contribution in [-0.4, -0.2) is 31.9 Å². The van der Waals surface area contributed by atoms with Crippen LogP contribution in [0.5, 0.6) is 0 Å². The van der Waals surface area contributed by atoms with Gasteiger partial charge in [0.05, 0.1) is 6.04 Å². The second-order valence-electron chi connectivity index (χ2n) is 12.0. The van der Waals surface area contributed by atoms with Crippen LogP contribution in [0.2, 0.25) is 0 Å². The summed E-state index contributed by atoms with van der Waals surface area (Å²) in [6, 6.07) is 29.5. The van der Waals surface area contributed by atoms with E-state index in [0.29, 0.717) is 12.0 Å². The molecule has 2 atom stereocenters. The summed E-state index contributed by atoms with van der Waals surface area (Å²) in [4.78, 5) is 30.4. The minimum absolute atomic E-state index is 0.101. The third-order valence-corrected chi connectivity index (χ3v) is 8.91. The van der Waals surface area contributed by atoms with Gasteiger partial charge in [-0.15, -0.1) is 0 Å². The van der Waals surface area contributed by atoms with Crippen molar-refractivity contribution in [1.29, 1.82) is 0 Å². The fourth-order valence-corrected chi connectivity index (χ4v) is 7.06. The zero-order valence-corrected chi connectivity index (χ0v) is 25.0. The molecule has 0 bridgehead atoms. The van der Waals surface area contributed by atoms with Gasteiger partial charge in [0.25, 0.3) is 5.91 Å². The number of carbonyl (C=O) groups excluding carboxylic acids is 2. The number of hydrogen-bond donors (Lipinski definition) is 1. The lowest BCUT2D eigenvalue weighted by Gasteiger charge is -2.34. The van der Waals surface area contributed by atoms with Crippen LogP contribution < -0.4 is 5.32 Å². The first kappa shape index (κ1) is 27.0. The van der Waals surface area contributed by atoms with E-state index in [9.17, 15) is 9.59 Å². The topological polar surface area (TPSA) is 59.3 Å². The molecule has 0 aliphatic carbocycles. The van der Waals surface area contributed by atoms with Crippen LogP contribution in [0.25, 0.3) is 32.7 Å². The summed E-state index contributed by atoms with van der Waals surface area (Å²) in [5.41, 5.74) is 6.79. The zero-order chi connectivity index (χ0) is 29.8. The average Bonchev–Trinajstić information content (AvgIpc) is 3.62. The Labute approximate surface area is 251 Å². The smallest absolute Gasteiger partial charge is 0.255 e. The second-order valence-corrected chi connectivity index (χ2v) is 12.0. The number of hydrogen-bond acceptors (Lipinski definition) is 2. The van der Waals surface area contributed by atoms with Crippen LogP contribution in [0.4, 0.5) is 5.69 Å². The Hall–Kier alpha value is -4.84. The summed E-state index contributed by atoms with van der Waals surface area (Å²) >= 11 is 0. The van der Waals surface area contributed by atoms with Crippen LogP contribution in [0, 0.1) is 5.92 Å². The highest BCUT2D eigenvalue weighted by molar-refractivity contribution is 6.10. The summed E-state index contributed by atoms with van der Waals surface area (Å²) in [5, 5.41) is 6.58. The molecule has 2 unspecified atom stereocenters. The number of benzene rings is 4. The highest BCUT2D eigenvalue weighted by atomic mass is 16.2. The summed E-state index contributed by atoms with van der Waals surface area (Å²) in [7, 11) is 2.03. The first-order valence-corrected chi connectivity index (χ1v) is 15.1. The third-order valence-electron chi connectivity index (χ3n) is 8.91. The molecule has 6 aromatic rings. The number of carbonyl (C=O) groups is 2. The summed E-state index contributed by atoms with van der Waals surface area (Å²) in [6.07, 6.45) is 2.66. The van der Waals surface area contributed by atoms with Gasteiger partial charge in [-0.1, -0.05) is 68.4 Å². The highest BCUT2D eigenvalue weighted by Crippen LogP contribution is 2.44. The van der Waals surface area contributed by atoms with Crippen LogP contribution in [-0.2, 0) is 18.4 Å². The Morgan fingerprint density at radius 3 is 2.26 bits per heavy atom. The second kappa shape index (κ2) is 10.5. The van der Waals surface area contributed by atoms with Crippen molar-refractivity contribution in [2.75, 3.05) is 5.32 Å². The van der Waals surface area contributed by atoms with Gasteiger partial charge < -0.3 is 19.4 Å². The molecular formula is C37H36N4O2. The molecule has 6 nitrogen and oxygen atoms in total. The molecule has 2 aromatic heterocycles. The quantitative estimate of drug-likeness (QED) is 0.213. The third kappa shape index (κ3) is 4.32. The van der Waals surface area contributed by atoms with Crippen molar-refractivity contribution in [1.82, 2.24) is 14.0 Å². The molecule has 6 heteroatoms. The van der Waals surface area contributed by atoms with Crippen molar-refractivity contribution in [3.63, 3.8) is 0 Å². The van der Waals surface area contributed by atoms with Crippen molar-refractivity contribution in [2.24, 2.45) is 13.0 Å². The zero-order valence-electron chi connectivity index (χ0n) is 25.0. The number of rotatable bonds is 7. The first-order chi connectivity index (χ1) is 20.9. The predicted molar refractivity (Wildman–Crippen MR) is 174 cm³/mol. The molecule has 7 rings (SSSR count). The molecule has 0 radical (unpaired) electrons. The largest absolute Gasteiger partial charge is 0.350 e. The normalized spacial score (nSPS) is 15.6. The maximum Gasteiger partial charge on any atom is 0.255 e. The summed E-state index contributed by atoms with van der Waals surface area (Å²) < 4.78 is 4.40. The average molecular weight is 569 g/mol. The maximum atomic E-state index is 14.3. The summed E-state index contributed by atoms with van der Waals surface area (Å²) in [6.45, 7) is 7.22. The van der Waals surface area contributed by atoms with Crippen molar-refractivity contribution in [3.8, 4) is 0 Å². The van der Waals surface area contributed by atoms with Gasteiger partial charge in [-0.25, -0.2) is 0 Å². The van der Waals surface area contributed by atoms with E-state index in [2.05, 4.69) is 89.9 Å². The van der Waals surface area contributed by atoms with E-state index in [-0.39, 0.29) is 23.8 Å². The van der Waals surface area contributed by atoms with Gasteiger partial charge in [-0.3, -0.25) is 9.59 Å². The molecule has 0 saturated carbocycles. The molecule has 1 aliphatic rings. The molecule has 43 heavy (non-hydrogen) atoms. The van der Waals surface area contributed by atoms with Crippen molar-refractivity contribution in [3.05, 3.63) is 114 Å². The molecule has 2 amide bonds. The minimum Gasteiger partial charge on any atom is -0.350 e. The van der Waals surface area contributed by atoms with E-state index < -0.39 is 6.04 Å². The van der Waals surface area contributed by atoms with E-state index in [4.69, 9.17) is 0 Å². The van der Waals surface area contributed by atoms with E-state index >= 15 is 0 Å². The van der Waals surface area contributed by atoms with Crippen LogP contribution >= 0.6 is 0 Å². The number of para-hydroxylation sites is 2. The fraction of sp³-hybridized carbons (Fsp3) is 0.243. The standard InChI is InChI=1S/C37H36N4O2/c1-5-40-32-17-11-9-12-25(32)29-21-24(18-19-33(29)40)38-36(42)34(20-23(2)3)41-35(27-14-6-7-15-28(27)37(41)43)30-22-39(4)31-16-10-8-13-26(30)31/h6-19,21-23,34-35H,5,20H2,1-4H3,(H,38,42). The van der Waals surface area contributed by atoms with Gasteiger partial charge >= 0.3 is 0 Å². The fourth-order valence-electron chi connectivity index (χ4n) is 7.06. The lowest BCUT2D eigenvalue weighted by Crippen LogP contribution is -2.47. The number of aromatic nitrogens is 2. The number of aryl methyl sites for hydroxylation is 2. The lowest BCUT2D eigenvalue weighted by molar-refractivity contribution is -0.121. The van der Waals surface area contributed by atoms with Crippen molar-refractivity contribution >= 4 is 50.2 Å². The van der Waals surface area contributed by atoms with Gasteiger partial charge in [-0.2, -0.15) is 0 Å². The number of fused-ring (bicyclic) bond motifs is 5. The van der Waals surface area contributed by atoms with Crippen molar-refractivity contribution < 1.29 is 9.59 Å². The molecule has 216 valence electrons. The lowest BCUT2D eigenvalue weighted by atomic mass is 9.95. The van der Waals surface area contributed by atoms with Gasteiger partial charge in [0.2, 0.25) is 5.91 Å². The Morgan fingerprint density at radius 2 is 1.49 bits per heavy atom. The highest BCUT2D eigenvalue weighted by Gasteiger charge is 2.45. The first-order valence-electron chi connectivity index (χ1n) is 15.1. The molecule has 1 aliphatic heterocycles. The van der Waals surface area contributed by atoms with Crippen molar-refractivity contribution in [2.45, 2.75) is 45.8 Å². The van der Waals surface area contributed by atoms with Gasteiger partial charge in [0, 0.05) is 69.3 Å². The van der Waals surface area contributed by atoms with Crippen LogP contribution in [0.15, 0.2) is 97.2 Å². The Kier molecular flexibility index (Phi) is 6.57. The molecule has 4 aromatic carbocycles. The van der Waals surface area contributed by atoms with Gasteiger partial charge in [0.1, 0.15) is 6.04 Å². The number of amides is 2. The van der Waals surface area contributed by atoms with Crippen LogP contribution in [0.3, 0.4) is 0 Å². The molecule has 0 spiro atoms. The number of nitrogens with one attached hydrogen (secondary N) is 1.